The first kappa shape index (κ1) is 18.5. The molecule has 6 heteroatoms. The SMILES string of the molecule is COCc1ccc(OCc2ccc(F)cc2)c(C(=O)Nc2cccnc2)c1. The number of nitrogens with zero attached hydrogens (tertiary/aromatic N) is 1. The molecule has 1 N–H and O–H groups in total. The summed E-state index contributed by atoms with van der Waals surface area (Å²) in [5.74, 6) is -0.185. The molecule has 0 atom stereocenters. The van der Waals surface area contributed by atoms with Crippen molar-refractivity contribution < 1.29 is 18.7 Å². The van der Waals surface area contributed by atoms with Crippen LogP contribution in [0.4, 0.5) is 10.1 Å². The van der Waals surface area contributed by atoms with Gasteiger partial charge in [0, 0.05) is 13.3 Å². The van der Waals surface area contributed by atoms with E-state index in [1.54, 1.807) is 55.9 Å². The minimum Gasteiger partial charge on any atom is -0.488 e. The normalized spacial score (nSPS) is 10.4. The zero-order valence-electron chi connectivity index (χ0n) is 14.8. The first-order chi connectivity index (χ1) is 13.2. The Kier molecular flexibility index (Phi) is 6.12. The van der Waals surface area contributed by atoms with E-state index in [4.69, 9.17) is 9.47 Å². The predicted molar refractivity (Wildman–Crippen MR) is 100 cm³/mol. The predicted octanol–water partition coefficient (Wildman–Crippen LogP) is 4.20. The van der Waals surface area contributed by atoms with Gasteiger partial charge in [-0.1, -0.05) is 18.2 Å². The molecule has 0 spiro atoms. The van der Waals surface area contributed by atoms with Gasteiger partial charge in [0.15, 0.2) is 0 Å². The maximum atomic E-state index is 13.0. The largest absolute Gasteiger partial charge is 0.488 e. The van der Waals surface area contributed by atoms with E-state index < -0.39 is 0 Å². The van der Waals surface area contributed by atoms with E-state index in [1.807, 2.05) is 6.07 Å². The molecule has 0 unspecified atom stereocenters. The van der Waals surface area contributed by atoms with Crippen LogP contribution in [0.25, 0.3) is 0 Å². The average Bonchev–Trinajstić information content (AvgIpc) is 2.69. The van der Waals surface area contributed by atoms with Crippen LogP contribution in [0, 0.1) is 5.82 Å². The standard InChI is InChI=1S/C21H19FN2O3/c1-26-13-16-6-9-20(27-14-15-4-7-17(22)8-5-15)19(11-16)21(25)24-18-3-2-10-23-12-18/h2-12H,13-14H2,1H3,(H,24,25). The van der Waals surface area contributed by atoms with Crippen LogP contribution in [0.3, 0.4) is 0 Å². The summed E-state index contributed by atoms with van der Waals surface area (Å²) in [6.45, 7) is 0.600. The average molecular weight is 366 g/mol. The first-order valence-electron chi connectivity index (χ1n) is 8.36. The zero-order chi connectivity index (χ0) is 19.1. The van der Waals surface area contributed by atoms with Crippen LogP contribution in [0.5, 0.6) is 5.75 Å². The molecule has 0 aliphatic heterocycles. The van der Waals surface area contributed by atoms with Gasteiger partial charge in [0.1, 0.15) is 18.2 Å². The van der Waals surface area contributed by atoms with E-state index >= 15 is 0 Å². The molecule has 138 valence electrons. The summed E-state index contributed by atoms with van der Waals surface area (Å²) >= 11 is 0. The lowest BCUT2D eigenvalue weighted by atomic mass is 10.1. The van der Waals surface area contributed by atoms with Gasteiger partial charge in [0.2, 0.25) is 0 Å². The number of halogens is 1. The lowest BCUT2D eigenvalue weighted by Gasteiger charge is -2.13. The lowest BCUT2D eigenvalue weighted by molar-refractivity contribution is 0.102. The van der Waals surface area contributed by atoms with Crippen LogP contribution in [0.15, 0.2) is 67.0 Å². The molecule has 0 radical (unpaired) electrons. The van der Waals surface area contributed by atoms with Gasteiger partial charge in [-0.3, -0.25) is 9.78 Å². The van der Waals surface area contributed by atoms with Crippen molar-refractivity contribution in [2.75, 3.05) is 12.4 Å². The second kappa shape index (κ2) is 8.91. The number of anilines is 1. The molecule has 3 aromatic rings. The van der Waals surface area contributed by atoms with Gasteiger partial charge in [-0.05, 0) is 47.5 Å². The summed E-state index contributed by atoms with van der Waals surface area (Å²) in [5.41, 5.74) is 2.62. The quantitative estimate of drug-likeness (QED) is 0.681. The molecular formula is C21H19FN2O3. The van der Waals surface area contributed by atoms with E-state index in [0.717, 1.165) is 11.1 Å². The van der Waals surface area contributed by atoms with E-state index in [1.165, 1.54) is 12.1 Å². The Morgan fingerprint density at radius 2 is 1.85 bits per heavy atom. The van der Waals surface area contributed by atoms with E-state index in [0.29, 0.717) is 23.6 Å². The summed E-state index contributed by atoms with van der Waals surface area (Å²) < 4.78 is 24.0. The maximum Gasteiger partial charge on any atom is 0.259 e. The van der Waals surface area contributed by atoms with Gasteiger partial charge in [0.05, 0.1) is 24.1 Å². The van der Waals surface area contributed by atoms with Gasteiger partial charge in [-0.25, -0.2) is 4.39 Å². The molecule has 3 rings (SSSR count). The maximum absolute atomic E-state index is 13.0. The van der Waals surface area contributed by atoms with Crippen LogP contribution in [0.1, 0.15) is 21.5 Å². The molecule has 2 aromatic carbocycles. The van der Waals surface area contributed by atoms with Crippen molar-refractivity contribution >= 4 is 11.6 Å². The third kappa shape index (κ3) is 5.12. The Balaban J connectivity index is 1.81. The van der Waals surface area contributed by atoms with Crippen molar-refractivity contribution in [1.29, 1.82) is 0 Å². The number of methoxy groups -OCH3 is 1. The van der Waals surface area contributed by atoms with Crippen LogP contribution < -0.4 is 10.1 Å². The number of aromatic nitrogens is 1. The van der Waals surface area contributed by atoms with Crippen molar-refractivity contribution in [3.63, 3.8) is 0 Å². The number of carbonyl (C=O) groups excluding carboxylic acids is 1. The molecule has 0 saturated carbocycles. The van der Waals surface area contributed by atoms with E-state index in [2.05, 4.69) is 10.3 Å². The van der Waals surface area contributed by atoms with Crippen LogP contribution in [-0.4, -0.2) is 18.0 Å². The third-order valence-corrected chi connectivity index (χ3v) is 3.83. The Morgan fingerprint density at radius 1 is 1.07 bits per heavy atom. The van der Waals surface area contributed by atoms with Gasteiger partial charge < -0.3 is 14.8 Å². The smallest absolute Gasteiger partial charge is 0.259 e. The Morgan fingerprint density at radius 3 is 2.56 bits per heavy atom. The second-order valence-corrected chi connectivity index (χ2v) is 5.87. The highest BCUT2D eigenvalue weighted by molar-refractivity contribution is 6.06. The van der Waals surface area contributed by atoms with Crippen molar-refractivity contribution in [2.24, 2.45) is 0 Å². The van der Waals surface area contributed by atoms with Crippen LogP contribution >= 0.6 is 0 Å². The number of benzene rings is 2. The summed E-state index contributed by atoms with van der Waals surface area (Å²) in [6.07, 6.45) is 3.20. The first-order valence-corrected chi connectivity index (χ1v) is 8.36. The topological polar surface area (TPSA) is 60.5 Å². The molecule has 0 aliphatic carbocycles. The van der Waals surface area contributed by atoms with Crippen molar-refractivity contribution in [1.82, 2.24) is 4.98 Å². The molecule has 0 bridgehead atoms. The Labute approximate surface area is 156 Å². The van der Waals surface area contributed by atoms with Gasteiger partial charge in [0.25, 0.3) is 5.91 Å². The van der Waals surface area contributed by atoms with Crippen LogP contribution in [0.2, 0.25) is 0 Å². The lowest BCUT2D eigenvalue weighted by Crippen LogP contribution is -2.14. The van der Waals surface area contributed by atoms with Gasteiger partial charge >= 0.3 is 0 Å². The number of pyridine rings is 1. The summed E-state index contributed by atoms with van der Waals surface area (Å²) in [7, 11) is 1.59. The Hall–Kier alpha value is -3.25. The molecule has 1 heterocycles. The van der Waals surface area contributed by atoms with Gasteiger partial charge in [-0.15, -0.1) is 0 Å². The molecule has 1 amide bonds. The minimum absolute atomic E-state index is 0.219. The number of nitrogens with one attached hydrogen (secondary N) is 1. The number of hydrogen-bond acceptors (Lipinski definition) is 4. The Bertz CT molecular complexity index is 899. The highest BCUT2D eigenvalue weighted by Gasteiger charge is 2.14. The monoisotopic (exact) mass is 366 g/mol. The molecule has 1 aromatic heterocycles. The summed E-state index contributed by atoms with van der Waals surface area (Å²) in [5, 5.41) is 2.80. The molecule has 5 nitrogen and oxygen atoms in total. The van der Waals surface area contributed by atoms with Crippen molar-refractivity contribution in [3.05, 3.63) is 89.5 Å². The number of ether oxygens (including phenoxy) is 2. The number of carbonyl (C=O) groups is 1. The zero-order valence-corrected chi connectivity index (χ0v) is 14.8. The number of amides is 1. The highest BCUT2D eigenvalue weighted by Crippen LogP contribution is 2.23. The van der Waals surface area contributed by atoms with Crippen LogP contribution in [-0.2, 0) is 18.0 Å². The third-order valence-electron chi connectivity index (χ3n) is 3.83. The molecule has 0 fully saturated rings. The fourth-order valence-electron chi connectivity index (χ4n) is 2.51. The highest BCUT2D eigenvalue weighted by atomic mass is 19.1. The second-order valence-electron chi connectivity index (χ2n) is 5.87. The fraction of sp³-hybridized carbons (Fsp3) is 0.143. The van der Waals surface area contributed by atoms with E-state index in [9.17, 15) is 9.18 Å². The van der Waals surface area contributed by atoms with Crippen molar-refractivity contribution in [3.8, 4) is 5.75 Å². The van der Waals surface area contributed by atoms with E-state index in [-0.39, 0.29) is 18.3 Å². The summed E-state index contributed by atoms with van der Waals surface area (Å²) in [4.78, 5) is 16.7. The molecule has 27 heavy (non-hydrogen) atoms. The molecule has 0 aliphatic rings. The minimum atomic E-state index is -0.310. The molecule has 0 saturated heterocycles. The number of rotatable bonds is 7. The number of hydrogen-bond donors (Lipinski definition) is 1. The van der Waals surface area contributed by atoms with Gasteiger partial charge in [-0.2, -0.15) is 0 Å². The molecular weight excluding hydrogens is 347 g/mol. The summed E-state index contributed by atoms with van der Waals surface area (Å²) in [6, 6.07) is 14.8. The van der Waals surface area contributed by atoms with Crippen molar-refractivity contribution in [2.45, 2.75) is 13.2 Å². The fourth-order valence-corrected chi connectivity index (χ4v) is 2.51.